The largest absolute Gasteiger partial charge is 0.407 e. The summed E-state index contributed by atoms with van der Waals surface area (Å²) < 4.78 is 33.3. The maximum absolute atomic E-state index is 10.5. The smallest absolute Gasteiger partial charge is 0.224 e. The number of benzene rings is 1. The standard InChI is InChI=1S/C26H42O6Si/c1-24(2,3)33(4,5)32-22(20-13-7-6-8-14-20)23-21(19-27)30-25(15-9-11-17-28-25)26(31-23)16-10-12-18-29-26/h6-8,13-14,21-23,27H,9-12,15-19H2,1-5H3/t21-,22-,23+,25+,26+/m0/s1. The first-order valence-corrected chi connectivity index (χ1v) is 15.5. The first-order valence-electron chi connectivity index (χ1n) is 12.6. The Balaban J connectivity index is 1.74. The molecule has 1 aromatic rings. The van der Waals surface area contributed by atoms with E-state index in [0.29, 0.717) is 26.1 Å². The summed E-state index contributed by atoms with van der Waals surface area (Å²) >= 11 is 0. The molecule has 5 atom stereocenters. The Labute approximate surface area is 200 Å². The molecule has 0 aliphatic carbocycles. The fraction of sp³-hybridized carbons (Fsp3) is 0.769. The highest BCUT2D eigenvalue weighted by atomic mass is 28.4. The second kappa shape index (κ2) is 9.68. The van der Waals surface area contributed by atoms with Crippen molar-refractivity contribution in [1.82, 2.24) is 0 Å². The van der Waals surface area contributed by atoms with Crippen molar-refractivity contribution < 1.29 is 28.5 Å². The number of hydrogen-bond acceptors (Lipinski definition) is 6. The molecule has 3 heterocycles. The summed E-state index contributed by atoms with van der Waals surface area (Å²) in [5.41, 5.74) is 1.03. The molecule has 3 saturated heterocycles. The summed E-state index contributed by atoms with van der Waals surface area (Å²) in [6.45, 7) is 12.3. The van der Waals surface area contributed by atoms with Crippen LogP contribution in [0, 0.1) is 0 Å². The van der Waals surface area contributed by atoms with Gasteiger partial charge in [-0.15, -0.1) is 0 Å². The summed E-state index contributed by atoms with van der Waals surface area (Å²) in [5, 5.41) is 10.5. The van der Waals surface area contributed by atoms with Crippen LogP contribution in [0.15, 0.2) is 30.3 Å². The SMILES string of the molecule is CC(C)(C)[Si](C)(C)O[C@@H](c1ccccc1)[C@@H]1O[C@]2(CCCCO2)[C@@]2(CCCCO2)O[C@H]1CO. The lowest BCUT2D eigenvalue weighted by atomic mass is 9.87. The van der Waals surface area contributed by atoms with Crippen molar-refractivity contribution >= 4 is 8.32 Å². The first-order chi connectivity index (χ1) is 15.6. The van der Waals surface area contributed by atoms with Crippen molar-refractivity contribution in [2.24, 2.45) is 0 Å². The average Bonchev–Trinajstić information content (AvgIpc) is 2.80. The van der Waals surface area contributed by atoms with Crippen LogP contribution in [0.1, 0.15) is 71.0 Å². The third-order valence-electron chi connectivity index (χ3n) is 7.92. The van der Waals surface area contributed by atoms with Crippen molar-refractivity contribution in [3.63, 3.8) is 0 Å². The van der Waals surface area contributed by atoms with Crippen LogP contribution < -0.4 is 0 Å². The highest BCUT2D eigenvalue weighted by Crippen LogP contribution is 2.52. The van der Waals surface area contributed by atoms with Crippen LogP contribution in [-0.2, 0) is 23.4 Å². The highest BCUT2D eigenvalue weighted by Gasteiger charge is 2.64. The average molecular weight is 479 g/mol. The van der Waals surface area contributed by atoms with E-state index in [9.17, 15) is 5.11 Å². The minimum absolute atomic E-state index is 0.0248. The van der Waals surface area contributed by atoms with Crippen LogP contribution >= 0.6 is 0 Å². The number of fused-ring (bicyclic) bond motifs is 1. The Morgan fingerprint density at radius 2 is 1.55 bits per heavy atom. The summed E-state index contributed by atoms with van der Waals surface area (Å²) in [4.78, 5) is 0. The molecule has 1 aromatic carbocycles. The number of hydrogen-bond donors (Lipinski definition) is 1. The quantitative estimate of drug-likeness (QED) is 0.578. The van der Waals surface area contributed by atoms with E-state index in [1.807, 2.05) is 18.2 Å². The zero-order valence-corrected chi connectivity index (χ0v) is 22.0. The van der Waals surface area contributed by atoms with Crippen LogP contribution in [0.25, 0.3) is 0 Å². The van der Waals surface area contributed by atoms with Gasteiger partial charge in [0, 0.05) is 12.8 Å². The Hall–Kier alpha value is -0.803. The van der Waals surface area contributed by atoms with Gasteiger partial charge in [0.1, 0.15) is 12.2 Å². The van der Waals surface area contributed by atoms with Crippen LogP contribution in [-0.4, -0.2) is 57.0 Å². The fourth-order valence-electron chi connectivity index (χ4n) is 4.97. The molecule has 0 bridgehead atoms. The third-order valence-corrected chi connectivity index (χ3v) is 12.4. The van der Waals surface area contributed by atoms with Crippen LogP contribution in [0.3, 0.4) is 0 Å². The molecule has 0 aromatic heterocycles. The summed E-state index contributed by atoms with van der Waals surface area (Å²) in [7, 11) is -2.18. The van der Waals surface area contributed by atoms with E-state index >= 15 is 0 Å². The van der Waals surface area contributed by atoms with E-state index in [2.05, 4.69) is 46.0 Å². The molecule has 3 aliphatic heterocycles. The van der Waals surface area contributed by atoms with Crippen molar-refractivity contribution in [2.45, 2.75) is 107 Å². The molecule has 4 rings (SSSR count). The van der Waals surface area contributed by atoms with Gasteiger partial charge in [0.25, 0.3) is 0 Å². The molecular weight excluding hydrogens is 436 g/mol. The molecule has 33 heavy (non-hydrogen) atoms. The van der Waals surface area contributed by atoms with E-state index in [-0.39, 0.29) is 17.7 Å². The monoisotopic (exact) mass is 478 g/mol. The van der Waals surface area contributed by atoms with Crippen molar-refractivity contribution in [3.05, 3.63) is 35.9 Å². The van der Waals surface area contributed by atoms with Crippen LogP contribution in [0.5, 0.6) is 0 Å². The summed E-state index contributed by atoms with van der Waals surface area (Å²) in [5.74, 6) is -1.96. The fourth-order valence-corrected chi connectivity index (χ4v) is 6.23. The first kappa shape index (κ1) is 25.3. The molecule has 2 spiro atoms. The topological polar surface area (TPSA) is 66.4 Å². The summed E-state index contributed by atoms with van der Waals surface area (Å²) in [6.07, 6.45) is 3.92. The molecular formula is C26H42O6Si. The number of ether oxygens (including phenoxy) is 4. The molecule has 0 radical (unpaired) electrons. The molecule has 1 N–H and O–H groups in total. The summed E-state index contributed by atoms with van der Waals surface area (Å²) in [6, 6.07) is 10.2. The molecule has 3 aliphatic rings. The Morgan fingerprint density at radius 1 is 0.970 bits per heavy atom. The van der Waals surface area contributed by atoms with Crippen LogP contribution in [0.2, 0.25) is 18.1 Å². The molecule has 6 nitrogen and oxygen atoms in total. The van der Waals surface area contributed by atoms with Gasteiger partial charge in [0.05, 0.1) is 25.9 Å². The van der Waals surface area contributed by atoms with Crippen molar-refractivity contribution in [1.29, 1.82) is 0 Å². The predicted octanol–water partition coefficient (Wildman–Crippen LogP) is 5.32. The van der Waals surface area contributed by atoms with Gasteiger partial charge in [0.2, 0.25) is 11.6 Å². The van der Waals surface area contributed by atoms with Gasteiger partial charge in [-0.3, -0.25) is 0 Å². The third kappa shape index (κ3) is 4.83. The maximum atomic E-state index is 10.5. The van der Waals surface area contributed by atoms with Gasteiger partial charge in [0.15, 0.2) is 8.32 Å². The maximum Gasteiger partial charge on any atom is 0.224 e. The molecule has 186 valence electrons. The Morgan fingerprint density at radius 3 is 2.03 bits per heavy atom. The lowest BCUT2D eigenvalue weighted by Gasteiger charge is -2.59. The van der Waals surface area contributed by atoms with E-state index < -0.39 is 32.1 Å². The van der Waals surface area contributed by atoms with Crippen LogP contribution in [0.4, 0.5) is 0 Å². The van der Waals surface area contributed by atoms with Gasteiger partial charge in [-0.2, -0.15) is 0 Å². The minimum atomic E-state index is -2.18. The van der Waals surface area contributed by atoms with Gasteiger partial charge >= 0.3 is 0 Å². The molecule has 0 saturated carbocycles. The van der Waals surface area contributed by atoms with E-state index in [1.165, 1.54) is 0 Å². The molecule has 0 amide bonds. The van der Waals surface area contributed by atoms with Gasteiger partial charge < -0.3 is 28.5 Å². The lowest BCUT2D eigenvalue weighted by molar-refractivity contribution is -0.487. The minimum Gasteiger partial charge on any atom is -0.407 e. The van der Waals surface area contributed by atoms with E-state index in [1.54, 1.807) is 0 Å². The number of aliphatic hydroxyl groups excluding tert-OH is 1. The molecule has 7 heteroatoms. The Bertz CT molecular complexity index is 765. The second-order valence-corrected chi connectivity index (χ2v) is 16.0. The van der Waals surface area contributed by atoms with E-state index in [0.717, 1.165) is 31.2 Å². The van der Waals surface area contributed by atoms with Gasteiger partial charge in [-0.1, -0.05) is 51.1 Å². The van der Waals surface area contributed by atoms with Crippen molar-refractivity contribution in [3.8, 4) is 0 Å². The number of aliphatic hydroxyl groups is 1. The highest BCUT2D eigenvalue weighted by molar-refractivity contribution is 6.74. The Kier molecular flexibility index (Phi) is 7.42. The molecule has 3 fully saturated rings. The number of rotatable bonds is 5. The van der Waals surface area contributed by atoms with Crippen molar-refractivity contribution in [2.75, 3.05) is 19.8 Å². The second-order valence-electron chi connectivity index (χ2n) is 11.2. The zero-order chi connectivity index (χ0) is 23.7. The predicted molar refractivity (Wildman–Crippen MR) is 129 cm³/mol. The molecule has 0 unspecified atom stereocenters. The lowest BCUT2D eigenvalue weighted by Crippen LogP contribution is -2.71. The zero-order valence-electron chi connectivity index (χ0n) is 21.0. The normalized spacial score (nSPS) is 34.5. The van der Waals surface area contributed by atoms with Gasteiger partial charge in [-0.05, 0) is 49.4 Å². The van der Waals surface area contributed by atoms with E-state index in [4.69, 9.17) is 23.4 Å². The van der Waals surface area contributed by atoms with Gasteiger partial charge in [-0.25, -0.2) is 0 Å².